The molecule has 0 aliphatic carbocycles. The van der Waals surface area contributed by atoms with Crippen LogP contribution in [0.25, 0.3) is 0 Å². The van der Waals surface area contributed by atoms with Gasteiger partial charge >= 0.3 is 0 Å². The van der Waals surface area contributed by atoms with Crippen molar-refractivity contribution >= 4 is 22.1 Å². The van der Waals surface area contributed by atoms with Crippen LogP contribution in [0.3, 0.4) is 0 Å². The number of carbonyl (C=O) groups is 2. The second-order valence-electron chi connectivity index (χ2n) is 29.2. The summed E-state index contributed by atoms with van der Waals surface area (Å²) < 4.78 is 35.9. The predicted octanol–water partition coefficient (Wildman–Crippen LogP) is 20.8. The highest BCUT2D eigenvalue weighted by molar-refractivity contribution is 7.85. The molecular formula is C92H135N3O7S. The molecule has 0 radical (unpaired) electrons. The van der Waals surface area contributed by atoms with Gasteiger partial charge in [0.05, 0.1) is 95.4 Å². The Balaban J connectivity index is 0.000000297. The van der Waals surface area contributed by atoms with Gasteiger partial charge in [-0.15, -0.1) is 0 Å². The van der Waals surface area contributed by atoms with Gasteiger partial charge in [-0.2, -0.15) is 0 Å². The number of quaternary nitrogens is 3. The van der Waals surface area contributed by atoms with Crippen LogP contribution in [-0.2, 0) is 10.1 Å². The van der Waals surface area contributed by atoms with Crippen LogP contribution in [0, 0.1) is 0 Å². The molecule has 0 aliphatic rings. The van der Waals surface area contributed by atoms with Crippen molar-refractivity contribution < 1.29 is 46.2 Å². The lowest BCUT2D eigenvalue weighted by Gasteiger charge is -2.39. The number of aromatic carboxylic acids is 2. The quantitative estimate of drug-likeness (QED) is 0.0273. The SMILES string of the molecule is CCCC[N+](CCCC)(CCCC)CCCC(c1ccccc1)c1ccccc1.CCCC[N+](CCCC)(CCCC)CCCC(c1ccccc1)c1ccccc1.CCCC[N+](CCCC)(CCCC)CCCC(c1ccccc1)c1ccccc1.O=C([O-])c1cc(C(=O)[O-])cc(S(=O)(=O)[O-])c1. The van der Waals surface area contributed by atoms with E-state index in [1.807, 2.05) is 0 Å². The second-order valence-corrected chi connectivity index (χ2v) is 30.6. The van der Waals surface area contributed by atoms with Crippen molar-refractivity contribution in [2.24, 2.45) is 0 Å². The van der Waals surface area contributed by atoms with Crippen molar-refractivity contribution in [3.8, 4) is 0 Å². The van der Waals surface area contributed by atoms with Crippen LogP contribution in [0.15, 0.2) is 205 Å². The van der Waals surface area contributed by atoms with Crippen LogP contribution in [0.1, 0.15) is 288 Å². The van der Waals surface area contributed by atoms with Gasteiger partial charge in [-0.1, -0.05) is 302 Å². The average Bonchev–Trinajstić information content (AvgIpc) is 0.866. The van der Waals surface area contributed by atoms with Gasteiger partial charge in [0.2, 0.25) is 0 Å². The molecule has 0 saturated carbocycles. The summed E-state index contributed by atoms with van der Waals surface area (Å²) in [4.78, 5) is 19.9. The molecule has 0 unspecified atom stereocenters. The summed E-state index contributed by atoms with van der Waals surface area (Å²) in [6.45, 7) is 37.5. The topological polar surface area (TPSA) is 137 Å². The minimum atomic E-state index is -4.95. The Hall–Kier alpha value is -6.73. The fourth-order valence-electron chi connectivity index (χ4n) is 15.0. The van der Waals surface area contributed by atoms with Crippen LogP contribution in [0.4, 0.5) is 0 Å². The Morgan fingerprint density at radius 2 is 0.447 bits per heavy atom. The molecule has 103 heavy (non-hydrogen) atoms. The molecule has 0 heterocycles. The summed E-state index contributed by atoms with van der Waals surface area (Å²) in [7, 11) is -4.95. The zero-order valence-electron chi connectivity index (χ0n) is 65.3. The van der Waals surface area contributed by atoms with E-state index in [2.05, 4.69) is 244 Å². The standard InChI is InChI=1S/3C28H44N.C8H6O7S/c3*1-4-7-22-29(23-8-5-2,24-9-6-3)25-16-21-28(26-17-12-10-13-18-26)27-19-14-11-15-20-27;9-7(10)4-1-5(8(11)12)3-6(2-4)16(13,14)15/h3*10-15,17-20,28H,4-9,16,21-25H2,1-3H3;1-3H,(H,9,10)(H,11,12)(H,13,14,15)/q3*+1;/p-3. The Bertz CT molecular complexity index is 2900. The van der Waals surface area contributed by atoms with E-state index < -0.39 is 38.1 Å². The first-order valence-electron chi connectivity index (χ1n) is 40.3. The van der Waals surface area contributed by atoms with Gasteiger partial charge in [-0.25, -0.2) is 8.42 Å². The van der Waals surface area contributed by atoms with Gasteiger partial charge in [0, 0.05) is 17.8 Å². The maximum absolute atomic E-state index is 10.6. The lowest BCUT2D eigenvalue weighted by Crippen LogP contribution is -2.50. The van der Waals surface area contributed by atoms with E-state index in [4.69, 9.17) is 0 Å². The lowest BCUT2D eigenvalue weighted by atomic mass is 9.87. The van der Waals surface area contributed by atoms with Gasteiger partial charge in [0.15, 0.2) is 0 Å². The molecule has 0 atom stereocenters. The number of benzene rings is 7. The first-order chi connectivity index (χ1) is 49.9. The highest BCUT2D eigenvalue weighted by Crippen LogP contribution is 2.34. The summed E-state index contributed by atoms with van der Waals surface area (Å²) in [6.07, 6.45) is 31.8. The van der Waals surface area contributed by atoms with Crippen LogP contribution < -0.4 is 10.2 Å². The maximum atomic E-state index is 10.6. The largest absolute Gasteiger partial charge is 0.744 e. The lowest BCUT2D eigenvalue weighted by molar-refractivity contribution is -0.929. The van der Waals surface area contributed by atoms with E-state index >= 15 is 0 Å². The predicted molar refractivity (Wildman–Crippen MR) is 428 cm³/mol. The molecule has 7 aromatic rings. The monoisotopic (exact) mass is 1430 g/mol. The number of nitrogens with zero attached hydrogens (tertiary/aromatic N) is 3. The molecule has 10 nitrogen and oxygen atoms in total. The van der Waals surface area contributed by atoms with Crippen LogP contribution >= 0.6 is 0 Å². The normalized spacial score (nSPS) is 11.7. The number of rotatable bonds is 48. The van der Waals surface area contributed by atoms with E-state index in [0.717, 1.165) is 0 Å². The first-order valence-corrected chi connectivity index (χ1v) is 41.7. The zero-order chi connectivity index (χ0) is 74.9. The molecule has 0 aliphatic heterocycles. The summed E-state index contributed by atoms with van der Waals surface area (Å²) in [5, 5.41) is 20.9. The van der Waals surface area contributed by atoms with Crippen molar-refractivity contribution in [3.63, 3.8) is 0 Å². The second kappa shape index (κ2) is 51.5. The summed E-state index contributed by atoms with van der Waals surface area (Å²) in [5.41, 5.74) is 7.34. The molecule has 0 bridgehead atoms. The molecule has 0 aromatic heterocycles. The molecule has 11 heteroatoms. The average molecular weight is 1430 g/mol. The molecule has 7 rings (SSSR count). The molecular weight excluding hydrogens is 1290 g/mol. The Labute approximate surface area is 626 Å². The third kappa shape index (κ3) is 33.5. The van der Waals surface area contributed by atoms with Crippen molar-refractivity contribution in [1.82, 2.24) is 0 Å². The Morgan fingerprint density at radius 3 is 0.592 bits per heavy atom. The minimum absolute atomic E-state index is 0.517. The third-order valence-electron chi connectivity index (χ3n) is 21.1. The Kier molecular flexibility index (Phi) is 44.3. The fourth-order valence-corrected chi connectivity index (χ4v) is 15.6. The molecule has 0 N–H and O–H groups in total. The molecule has 0 spiro atoms. The number of carboxylic acid groups (broad SMARTS) is 2. The molecule has 7 aromatic carbocycles. The highest BCUT2D eigenvalue weighted by Gasteiger charge is 2.30. The molecule has 566 valence electrons. The van der Waals surface area contributed by atoms with Crippen molar-refractivity contribution in [2.45, 2.75) is 239 Å². The van der Waals surface area contributed by atoms with Gasteiger partial charge < -0.3 is 37.8 Å². The molecule has 0 fully saturated rings. The maximum Gasteiger partial charge on any atom is 0.124 e. The number of hydrogen-bond donors (Lipinski definition) is 0. The minimum Gasteiger partial charge on any atom is -0.744 e. The van der Waals surface area contributed by atoms with Gasteiger partial charge in [0.1, 0.15) is 10.1 Å². The van der Waals surface area contributed by atoms with E-state index in [0.29, 0.717) is 36.0 Å². The van der Waals surface area contributed by atoms with Crippen LogP contribution in [-0.4, -0.2) is 117 Å². The van der Waals surface area contributed by atoms with E-state index in [-0.39, 0.29) is 0 Å². The van der Waals surface area contributed by atoms with Crippen molar-refractivity contribution in [3.05, 3.63) is 245 Å². The fraction of sp³-hybridized carbons (Fsp3) is 0.522. The first kappa shape index (κ1) is 88.7. The van der Waals surface area contributed by atoms with Crippen LogP contribution in [0.2, 0.25) is 0 Å². The number of carbonyl (C=O) groups excluding carboxylic acids is 2. The van der Waals surface area contributed by atoms with Crippen molar-refractivity contribution in [2.75, 3.05) is 78.5 Å². The summed E-state index contributed by atoms with van der Waals surface area (Å²) in [6, 6.07) is 68.5. The number of carboxylic acids is 2. The van der Waals surface area contributed by atoms with Gasteiger partial charge in [0.25, 0.3) is 0 Å². The van der Waals surface area contributed by atoms with E-state index in [9.17, 15) is 32.8 Å². The summed E-state index contributed by atoms with van der Waals surface area (Å²) in [5.74, 6) is -2.05. The van der Waals surface area contributed by atoms with E-state index in [1.54, 1.807) is 0 Å². The molecule has 0 saturated heterocycles. The smallest absolute Gasteiger partial charge is 0.124 e. The highest BCUT2D eigenvalue weighted by atomic mass is 32.2. The van der Waals surface area contributed by atoms with Crippen molar-refractivity contribution in [1.29, 1.82) is 0 Å². The van der Waals surface area contributed by atoms with E-state index in [1.165, 1.54) is 279 Å². The van der Waals surface area contributed by atoms with Crippen LogP contribution in [0.5, 0.6) is 0 Å². The number of unbranched alkanes of at least 4 members (excludes halogenated alkanes) is 9. The van der Waals surface area contributed by atoms with Gasteiger partial charge in [-0.05, 0) is 159 Å². The summed E-state index contributed by atoms with van der Waals surface area (Å²) >= 11 is 0. The third-order valence-corrected chi connectivity index (χ3v) is 21.9. The number of hydrogen-bond acceptors (Lipinski definition) is 7. The zero-order valence-corrected chi connectivity index (χ0v) is 66.2. The van der Waals surface area contributed by atoms with Gasteiger partial charge in [-0.3, -0.25) is 0 Å². The Morgan fingerprint density at radius 1 is 0.282 bits per heavy atom. The molecule has 0 amide bonds.